The van der Waals surface area contributed by atoms with E-state index < -0.39 is 0 Å². The minimum absolute atomic E-state index is 0.514. The van der Waals surface area contributed by atoms with Gasteiger partial charge in [-0.05, 0) is 68.3 Å². The van der Waals surface area contributed by atoms with Gasteiger partial charge in [-0.25, -0.2) is 9.50 Å². The van der Waals surface area contributed by atoms with Gasteiger partial charge in [-0.3, -0.25) is 9.78 Å². The number of nitrogens with zero attached hydrogens (tertiary/aromatic N) is 5. The van der Waals surface area contributed by atoms with Crippen molar-refractivity contribution in [2.45, 2.75) is 32.2 Å². The summed E-state index contributed by atoms with van der Waals surface area (Å²) in [7, 11) is 1.59. The van der Waals surface area contributed by atoms with E-state index in [4.69, 9.17) is 14.8 Å². The zero-order valence-electron chi connectivity index (χ0n) is 19.9. The summed E-state index contributed by atoms with van der Waals surface area (Å²) in [5.74, 6) is 0.569. The van der Waals surface area contributed by atoms with Crippen LogP contribution in [-0.2, 0) is 11.2 Å². The van der Waals surface area contributed by atoms with Crippen LogP contribution in [0.15, 0.2) is 67.3 Å². The van der Waals surface area contributed by atoms with Gasteiger partial charge in [-0.2, -0.15) is 5.10 Å². The Labute approximate surface area is 204 Å². The molecule has 0 fully saturated rings. The van der Waals surface area contributed by atoms with Crippen molar-refractivity contribution in [1.29, 1.82) is 0 Å². The zero-order chi connectivity index (χ0) is 24.2. The van der Waals surface area contributed by atoms with Crippen LogP contribution in [0.25, 0.3) is 28.0 Å². The third-order valence-electron chi connectivity index (χ3n) is 6.53. The first-order chi connectivity index (χ1) is 17.2. The lowest BCUT2D eigenvalue weighted by Gasteiger charge is -2.24. The van der Waals surface area contributed by atoms with Gasteiger partial charge in [0.15, 0.2) is 5.65 Å². The van der Waals surface area contributed by atoms with Crippen LogP contribution in [0, 0.1) is 0 Å². The second kappa shape index (κ2) is 9.97. The van der Waals surface area contributed by atoms with Crippen LogP contribution in [0.3, 0.4) is 0 Å². The molecule has 1 aliphatic heterocycles. The minimum Gasteiger partial charge on any atom is -0.495 e. The van der Waals surface area contributed by atoms with Gasteiger partial charge in [0.2, 0.25) is 6.41 Å². The molecule has 0 bridgehead atoms. The highest BCUT2D eigenvalue weighted by atomic mass is 16.5. The van der Waals surface area contributed by atoms with E-state index in [0.29, 0.717) is 23.9 Å². The number of anilines is 1. The summed E-state index contributed by atoms with van der Waals surface area (Å²) >= 11 is 0. The van der Waals surface area contributed by atoms with E-state index in [0.717, 1.165) is 59.5 Å². The van der Waals surface area contributed by atoms with Crippen molar-refractivity contribution >= 4 is 17.7 Å². The number of fused-ring (bicyclic) bond motifs is 1. The number of rotatable bonds is 9. The van der Waals surface area contributed by atoms with Crippen molar-refractivity contribution in [2.24, 2.45) is 0 Å². The maximum absolute atomic E-state index is 11.0. The Morgan fingerprint density at radius 3 is 2.77 bits per heavy atom. The van der Waals surface area contributed by atoms with Crippen molar-refractivity contribution < 1.29 is 9.53 Å². The molecule has 0 radical (unpaired) electrons. The van der Waals surface area contributed by atoms with Crippen LogP contribution in [0.4, 0.5) is 5.69 Å². The molecule has 1 aliphatic rings. The number of carbonyl (C=O) groups is 1. The van der Waals surface area contributed by atoms with Crippen LogP contribution in [0.1, 0.15) is 25.5 Å². The van der Waals surface area contributed by atoms with Gasteiger partial charge in [0, 0.05) is 42.4 Å². The standard InChI is InChI=1S/C27H28N6O2/c1-3-32-16-4-5-21(32)7-8-22-12-15-29-27-25(20-6-9-23(30-18-34)24(17-20)35-2)26(31-33(22)27)19-10-13-28-14-11-19/h4,6,9-18,21H,3,5,7-8H2,1-2H3,(H,30,34). The molecule has 0 saturated carbocycles. The third kappa shape index (κ3) is 4.35. The molecule has 1 unspecified atom stereocenters. The van der Waals surface area contributed by atoms with Crippen molar-refractivity contribution in [3.05, 3.63) is 73.0 Å². The molecular weight excluding hydrogens is 440 g/mol. The maximum Gasteiger partial charge on any atom is 0.211 e. The van der Waals surface area contributed by atoms with E-state index in [1.54, 1.807) is 19.5 Å². The van der Waals surface area contributed by atoms with E-state index in [2.05, 4.69) is 40.5 Å². The lowest BCUT2D eigenvalue weighted by molar-refractivity contribution is -0.105. The molecule has 4 aromatic rings. The fraction of sp³-hybridized carbons (Fsp3) is 0.259. The molecular formula is C27H28N6O2. The van der Waals surface area contributed by atoms with Gasteiger partial charge in [0.25, 0.3) is 0 Å². The molecule has 0 saturated heterocycles. The number of methoxy groups -OCH3 is 1. The number of hydrogen-bond acceptors (Lipinski definition) is 6. The predicted molar refractivity (Wildman–Crippen MR) is 136 cm³/mol. The number of pyridine rings is 1. The van der Waals surface area contributed by atoms with Gasteiger partial charge in [-0.15, -0.1) is 0 Å². The van der Waals surface area contributed by atoms with Crippen LogP contribution >= 0.6 is 0 Å². The molecule has 4 heterocycles. The Morgan fingerprint density at radius 1 is 1.14 bits per heavy atom. The number of aromatic nitrogens is 4. The molecule has 1 N–H and O–H groups in total. The number of benzene rings is 1. The van der Waals surface area contributed by atoms with Gasteiger partial charge >= 0.3 is 0 Å². The molecule has 1 aromatic carbocycles. The lowest BCUT2D eigenvalue weighted by Crippen LogP contribution is -2.27. The number of amides is 1. The summed E-state index contributed by atoms with van der Waals surface area (Å²) in [5.41, 5.74) is 6.09. The summed E-state index contributed by atoms with van der Waals surface area (Å²) in [6, 6.07) is 12.2. The van der Waals surface area contributed by atoms with Crippen molar-refractivity contribution in [3.8, 4) is 28.1 Å². The molecule has 1 atom stereocenters. The summed E-state index contributed by atoms with van der Waals surface area (Å²) in [6.45, 7) is 3.21. The highest BCUT2D eigenvalue weighted by Crippen LogP contribution is 2.38. The van der Waals surface area contributed by atoms with Crippen LogP contribution < -0.4 is 10.1 Å². The molecule has 1 amide bonds. The van der Waals surface area contributed by atoms with Gasteiger partial charge < -0.3 is 15.0 Å². The number of aryl methyl sites for hydroxylation is 1. The molecule has 35 heavy (non-hydrogen) atoms. The summed E-state index contributed by atoms with van der Waals surface area (Å²) in [5, 5.41) is 7.73. The molecule has 8 heteroatoms. The monoisotopic (exact) mass is 468 g/mol. The largest absolute Gasteiger partial charge is 0.495 e. The third-order valence-corrected chi connectivity index (χ3v) is 6.53. The van der Waals surface area contributed by atoms with Gasteiger partial charge in [-0.1, -0.05) is 12.1 Å². The first-order valence-corrected chi connectivity index (χ1v) is 11.8. The normalized spacial score (nSPS) is 15.0. The highest BCUT2D eigenvalue weighted by Gasteiger charge is 2.22. The lowest BCUT2D eigenvalue weighted by atomic mass is 10.0. The first kappa shape index (κ1) is 22.6. The second-order valence-corrected chi connectivity index (χ2v) is 8.45. The molecule has 3 aromatic heterocycles. The van der Waals surface area contributed by atoms with E-state index in [-0.39, 0.29) is 0 Å². The Kier molecular flexibility index (Phi) is 6.43. The Hall–Kier alpha value is -4.20. The Bertz CT molecular complexity index is 1370. The molecule has 0 aliphatic carbocycles. The second-order valence-electron chi connectivity index (χ2n) is 8.45. The number of ether oxygens (including phenoxy) is 1. The molecule has 8 nitrogen and oxygen atoms in total. The van der Waals surface area contributed by atoms with Crippen LogP contribution in [-0.4, -0.2) is 50.6 Å². The van der Waals surface area contributed by atoms with Crippen molar-refractivity contribution in [3.63, 3.8) is 0 Å². The van der Waals surface area contributed by atoms with Gasteiger partial charge in [0.05, 0.1) is 18.4 Å². The average molecular weight is 469 g/mol. The summed E-state index contributed by atoms with van der Waals surface area (Å²) in [4.78, 5) is 22.3. The highest BCUT2D eigenvalue weighted by molar-refractivity contribution is 5.92. The predicted octanol–water partition coefficient (Wildman–Crippen LogP) is 4.58. The van der Waals surface area contributed by atoms with E-state index in [9.17, 15) is 4.79 Å². The molecule has 178 valence electrons. The average Bonchev–Trinajstić information content (AvgIpc) is 3.53. The number of carbonyl (C=O) groups excluding carboxylic acids is 1. The zero-order valence-corrected chi connectivity index (χ0v) is 19.9. The number of nitrogens with one attached hydrogen (secondary N) is 1. The fourth-order valence-corrected chi connectivity index (χ4v) is 4.76. The van der Waals surface area contributed by atoms with E-state index >= 15 is 0 Å². The van der Waals surface area contributed by atoms with E-state index in [1.807, 2.05) is 41.0 Å². The maximum atomic E-state index is 11.0. The fourth-order valence-electron chi connectivity index (χ4n) is 4.76. The summed E-state index contributed by atoms with van der Waals surface area (Å²) in [6.07, 6.45) is 13.5. The minimum atomic E-state index is 0.514. The summed E-state index contributed by atoms with van der Waals surface area (Å²) < 4.78 is 7.51. The Balaban J connectivity index is 1.61. The van der Waals surface area contributed by atoms with Crippen molar-refractivity contribution in [2.75, 3.05) is 19.0 Å². The smallest absolute Gasteiger partial charge is 0.211 e. The molecule has 0 spiro atoms. The van der Waals surface area contributed by atoms with Gasteiger partial charge in [0.1, 0.15) is 11.4 Å². The topological polar surface area (TPSA) is 84.7 Å². The first-order valence-electron chi connectivity index (χ1n) is 11.8. The van der Waals surface area contributed by atoms with E-state index in [1.165, 1.54) is 0 Å². The quantitative estimate of drug-likeness (QED) is 0.362. The SMILES string of the molecule is CCN1C=CCC1CCc1ccnc2c(-c3ccc(NC=O)c(OC)c3)c(-c3ccncc3)nn12. The van der Waals surface area contributed by atoms with Crippen molar-refractivity contribution in [1.82, 2.24) is 24.5 Å². The Morgan fingerprint density at radius 2 is 2.00 bits per heavy atom. The van der Waals surface area contributed by atoms with Crippen LogP contribution in [0.2, 0.25) is 0 Å². The molecule has 5 rings (SSSR count). The van der Waals surface area contributed by atoms with Crippen LogP contribution in [0.5, 0.6) is 5.75 Å². The number of hydrogen-bond donors (Lipinski definition) is 1.